The van der Waals surface area contributed by atoms with E-state index in [0.29, 0.717) is 0 Å². The molecule has 0 radical (unpaired) electrons. The molecule has 0 unspecified atom stereocenters. The van der Waals surface area contributed by atoms with Crippen molar-refractivity contribution in [3.8, 4) is 5.75 Å². The van der Waals surface area contributed by atoms with Gasteiger partial charge in [0.2, 0.25) is 0 Å². The minimum Gasteiger partial charge on any atom is -0.478 e. The van der Waals surface area contributed by atoms with Gasteiger partial charge in [0.1, 0.15) is 11.1 Å². The van der Waals surface area contributed by atoms with Crippen LogP contribution in [-0.4, -0.2) is 46.6 Å². The fraction of sp³-hybridized carbons (Fsp3) is 0. The van der Waals surface area contributed by atoms with Crippen LogP contribution in [0.5, 0.6) is 5.75 Å². The van der Waals surface area contributed by atoms with Gasteiger partial charge in [-0.25, -0.2) is 9.59 Å². The van der Waals surface area contributed by atoms with Gasteiger partial charge >= 0.3 is 22.3 Å². The van der Waals surface area contributed by atoms with Gasteiger partial charge in [-0.05, 0) is 36.4 Å². The van der Waals surface area contributed by atoms with Crippen LogP contribution in [0.1, 0.15) is 10.4 Å². The zero-order valence-electron chi connectivity index (χ0n) is 12.6. The molecule has 0 aromatic heterocycles. The first-order valence-corrected chi connectivity index (χ1v) is 7.98. The molecule has 11 nitrogen and oxygen atoms in total. The first-order valence-electron chi connectivity index (χ1n) is 6.62. The number of allylic oxidation sites excluding steroid dienone is 3. The number of carbonyl (C=O) groups is 3. The van der Waals surface area contributed by atoms with E-state index in [-0.39, 0.29) is 11.4 Å². The zero-order chi connectivity index (χ0) is 19.5. The lowest BCUT2D eigenvalue weighted by Crippen LogP contribution is -2.16. The number of hydrazone groups is 1. The maximum atomic E-state index is 11.4. The van der Waals surface area contributed by atoms with Crippen molar-refractivity contribution in [1.29, 1.82) is 0 Å². The number of carbonyl (C=O) groups excluding carboxylic acids is 1. The lowest BCUT2D eigenvalue weighted by molar-refractivity contribution is -0.134. The standard InChI is InChI=1S/C14H10N2O9S/c17-11-3-1-7(5-9(11)13(18)19)15-16-8-2-4-12(25-26(22,23)24)10(6-8)14(20)21/h1-6,16H,(H,18,19)(H,20,21)(H,22,23,24)/b15-7+. The molecule has 1 aliphatic carbocycles. The van der Waals surface area contributed by atoms with Gasteiger partial charge in [0, 0.05) is 0 Å². The van der Waals surface area contributed by atoms with E-state index in [4.69, 9.17) is 14.8 Å². The van der Waals surface area contributed by atoms with Crippen molar-refractivity contribution in [2.24, 2.45) is 5.10 Å². The van der Waals surface area contributed by atoms with Crippen molar-refractivity contribution in [2.75, 3.05) is 5.43 Å². The summed E-state index contributed by atoms with van der Waals surface area (Å²) in [5, 5.41) is 21.8. The SMILES string of the molecule is O=C(O)C1=C/C(=N/Nc2ccc(OS(=O)(=O)O)c(C(=O)O)c2)C=CC1=O. The Bertz CT molecular complexity index is 990. The predicted molar refractivity (Wildman–Crippen MR) is 86.5 cm³/mol. The number of nitrogens with one attached hydrogen (secondary N) is 1. The third kappa shape index (κ3) is 4.75. The lowest BCUT2D eigenvalue weighted by atomic mass is 10.0. The highest BCUT2D eigenvalue weighted by Gasteiger charge is 2.19. The van der Waals surface area contributed by atoms with Crippen molar-refractivity contribution in [3.05, 3.63) is 47.6 Å². The van der Waals surface area contributed by atoms with Gasteiger partial charge in [-0.1, -0.05) is 0 Å². The van der Waals surface area contributed by atoms with Crippen LogP contribution >= 0.6 is 0 Å². The summed E-state index contributed by atoms with van der Waals surface area (Å²) in [5.74, 6) is -4.27. The summed E-state index contributed by atoms with van der Waals surface area (Å²) in [7, 11) is -4.91. The molecule has 0 saturated carbocycles. The van der Waals surface area contributed by atoms with Gasteiger partial charge < -0.3 is 14.4 Å². The Morgan fingerprint density at radius 2 is 1.81 bits per heavy atom. The third-order valence-electron chi connectivity index (χ3n) is 2.91. The van der Waals surface area contributed by atoms with Gasteiger partial charge in [0.05, 0.1) is 11.4 Å². The second-order valence-electron chi connectivity index (χ2n) is 4.74. The Labute approximate surface area is 145 Å². The third-order valence-corrected chi connectivity index (χ3v) is 3.30. The second-order valence-corrected chi connectivity index (χ2v) is 5.76. The highest BCUT2D eigenvalue weighted by atomic mass is 32.3. The van der Waals surface area contributed by atoms with Crippen LogP contribution in [-0.2, 0) is 20.0 Å². The van der Waals surface area contributed by atoms with Gasteiger partial charge in [-0.15, -0.1) is 0 Å². The van der Waals surface area contributed by atoms with Gasteiger partial charge in [0.25, 0.3) is 0 Å². The molecule has 1 aromatic rings. The molecule has 4 N–H and O–H groups in total. The molecule has 0 amide bonds. The summed E-state index contributed by atoms with van der Waals surface area (Å²) < 4.78 is 34.2. The number of carboxylic acid groups (broad SMARTS) is 2. The van der Waals surface area contributed by atoms with Crippen LogP contribution in [0.4, 0.5) is 5.69 Å². The fourth-order valence-electron chi connectivity index (χ4n) is 1.84. The number of hydrogen-bond acceptors (Lipinski definition) is 8. The number of nitrogens with zero attached hydrogens (tertiary/aromatic N) is 1. The molecular formula is C14H10N2O9S. The van der Waals surface area contributed by atoms with E-state index in [1.807, 2.05) is 0 Å². The van der Waals surface area contributed by atoms with Crippen LogP contribution < -0.4 is 9.61 Å². The molecule has 12 heteroatoms. The number of aromatic carboxylic acids is 1. The smallest absolute Gasteiger partial charge is 0.446 e. The lowest BCUT2D eigenvalue weighted by Gasteiger charge is -2.09. The maximum absolute atomic E-state index is 11.4. The molecule has 0 bridgehead atoms. The molecule has 0 saturated heterocycles. The number of ketones is 1. The van der Waals surface area contributed by atoms with E-state index in [1.165, 1.54) is 12.1 Å². The maximum Gasteiger partial charge on any atom is 0.446 e. The molecule has 136 valence electrons. The summed E-state index contributed by atoms with van der Waals surface area (Å²) in [4.78, 5) is 33.5. The average molecular weight is 382 g/mol. The molecular weight excluding hydrogens is 372 g/mol. The van der Waals surface area contributed by atoms with Crippen LogP contribution in [0.15, 0.2) is 47.1 Å². The zero-order valence-corrected chi connectivity index (χ0v) is 13.4. The molecule has 0 atom stereocenters. The van der Waals surface area contributed by atoms with Crippen LogP contribution in [0.25, 0.3) is 0 Å². The van der Waals surface area contributed by atoms with Crippen molar-refractivity contribution in [3.63, 3.8) is 0 Å². The number of carboxylic acids is 2. The van der Waals surface area contributed by atoms with E-state index in [0.717, 1.165) is 24.3 Å². The minimum atomic E-state index is -4.91. The number of rotatable bonds is 6. The fourth-order valence-corrected chi connectivity index (χ4v) is 2.21. The Hall–Kier alpha value is -3.51. The predicted octanol–water partition coefficient (Wildman–Crippen LogP) is 0.484. The quantitative estimate of drug-likeness (QED) is 0.234. The molecule has 2 rings (SSSR count). The Balaban J connectivity index is 2.29. The van der Waals surface area contributed by atoms with Crippen molar-refractivity contribution >= 4 is 39.5 Å². The van der Waals surface area contributed by atoms with E-state index in [1.54, 1.807) is 0 Å². The number of hydrogen-bond donors (Lipinski definition) is 4. The number of anilines is 1. The summed E-state index contributed by atoms with van der Waals surface area (Å²) in [5.41, 5.74) is 1.53. The summed E-state index contributed by atoms with van der Waals surface area (Å²) >= 11 is 0. The molecule has 0 fully saturated rings. The molecule has 0 aliphatic heterocycles. The normalized spacial score (nSPS) is 15.5. The Kier molecular flexibility index (Phi) is 5.19. The van der Waals surface area contributed by atoms with Crippen LogP contribution in [0.3, 0.4) is 0 Å². The largest absolute Gasteiger partial charge is 0.478 e. The minimum absolute atomic E-state index is 0.0807. The number of aliphatic carboxylic acids is 1. The van der Waals surface area contributed by atoms with Crippen molar-refractivity contribution in [2.45, 2.75) is 0 Å². The van der Waals surface area contributed by atoms with Crippen LogP contribution in [0, 0.1) is 0 Å². The van der Waals surface area contributed by atoms with E-state index in [2.05, 4.69) is 14.7 Å². The molecule has 1 aliphatic rings. The molecule has 0 heterocycles. The Morgan fingerprint density at radius 1 is 1.12 bits per heavy atom. The van der Waals surface area contributed by atoms with E-state index >= 15 is 0 Å². The second kappa shape index (κ2) is 7.16. The first kappa shape index (κ1) is 18.8. The van der Waals surface area contributed by atoms with Crippen LogP contribution in [0.2, 0.25) is 0 Å². The first-order chi connectivity index (χ1) is 12.1. The monoisotopic (exact) mass is 382 g/mol. The Morgan fingerprint density at radius 3 is 2.38 bits per heavy atom. The van der Waals surface area contributed by atoms with Crippen molar-refractivity contribution in [1.82, 2.24) is 0 Å². The highest BCUT2D eigenvalue weighted by Crippen LogP contribution is 2.24. The number of benzene rings is 1. The highest BCUT2D eigenvalue weighted by molar-refractivity contribution is 7.81. The summed E-state index contributed by atoms with van der Waals surface area (Å²) in [6, 6.07) is 3.15. The van der Waals surface area contributed by atoms with Crippen molar-refractivity contribution < 1.29 is 41.8 Å². The molecule has 26 heavy (non-hydrogen) atoms. The summed E-state index contributed by atoms with van der Waals surface area (Å²) in [6.07, 6.45) is 3.27. The molecule has 0 spiro atoms. The van der Waals surface area contributed by atoms with E-state index in [9.17, 15) is 22.8 Å². The molecule has 1 aromatic carbocycles. The summed E-state index contributed by atoms with van der Waals surface area (Å²) in [6.45, 7) is 0. The van der Waals surface area contributed by atoms with Gasteiger partial charge in [0.15, 0.2) is 11.5 Å². The van der Waals surface area contributed by atoms with Gasteiger partial charge in [-0.2, -0.15) is 13.5 Å². The topological polar surface area (TPSA) is 180 Å². The van der Waals surface area contributed by atoms with Gasteiger partial charge in [-0.3, -0.25) is 14.8 Å². The average Bonchev–Trinajstić information content (AvgIpc) is 2.53. The van der Waals surface area contributed by atoms with E-state index < -0.39 is 45.0 Å².